The summed E-state index contributed by atoms with van der Waals surface area (Å²) >= 11 is 0. The van der Waals surface area contributed by atoms with Gasteiger partial charge in [0.1, 0.15) is 6.04 Å². The molecule has 72 valence electrons. The van der Waals surface area contributed by atoms with Gasteiger partial charge in [-0.3, -0.25) is 4.79 Å². The van der Waals surface area contributed by atoms with Crippen molar-refractivity contribution in [3.63, 3.8) is 0 Å². The van der Waals surface area contributed by atoms with E-state index in [2.05, 4.69) is 26.1 Å². The van der Waals surface area contributed by atoms with Gasteiger partial charge in [-0.25, -0.2) is 0 Å². The van der Waals surface area contributed by atoms with Gasteiger partial charge < -0.3 is 10.4 Å². The monoisotopic (exact) mass is 173 g/mol. The fraction of sp³-hybridized carbons (Fsp3) is 0.889. The highest BCUT2D eigenvalue weighted by molar-refractivity contribution is 5.72. The van der Waals surface area contributed by atoms with Gasteiger partial charge in [0.05, 0.1) is 0 Å². The molecule has 0 aromatic rings. The lowest BCUT2D eigenvalue weighted by atomic mass is 9.87. The van der Waals surface area contributed by atoms with Crippen LogP contribution in [-0.2, 0) is 4.79 Å². The molecule has 0 heterocycles. The maximum absolute atomic E-state index is 10.5. The predicted octanol–water partition coefficient (Wildman–Crippen LogP) is 1.48. The summed E-state index contributed by atoms with van der Waals surface area (Å²) in [5.74, 6) is -0.800. The molecule has 2 N–H and O–H groups in total. The minimum absolute atomic E-state index is 0.101. The third-order valence-corrected chi connectivity index (χ3v) is 2.17. The topological polar surface area (TPSA) is 49.3 Å². The molecule has 0 spiro atoms. The van der Waals surface area contributed by atoms with Crippen molar-refractivity contribution in [2.75, 3.05) is 0 Å². The van der Waals surface area contributed by atoms with Crippen LogP contribution in [-0.4, -0.2) is 23.2 Å². The highest BCUT2D eigenvalue weighted by Gasteiger charge is 2.23. The summed E-state index contributed by atoms with van der Waals surface area (Å²) in [6, 6.07) is -0.275. The van der Waals surface area contributed by atoms with Crippen molar-refractivity contribution in [3.05, 3.63) is 0 Å². The summed E-state index contributed by atoms with van der Waals surface area (Å²) < 4.78 is 0. The standard InChI is InChI=1S/C9H19NO2/c1-6(8(11)12)10-7(2)9(3,4)5/h6-7,10H,1-5H3,(H,11,12)/t6-,7+/m1/s1. The van der Waals surface area contributed by atoms with Gasteiger partial charge in [0.2, 0.25) is 0 Å². The lowest BCUT2D eigenvalue weighted by molar-refractivity contribution is -0.139. The van der Waals surface area contributed by atoms with E-state index in [4.69, 9.17) is 5.11 Å². The normalized spacial score (nSPS) is 17.1. The number of carboxylic acids is 1. The molecule has 0 aliphatic rings. The predicted molar refractivity (Wildman–Crippen MR) is 49.2 cm³/mol. The van der Waals surface area contributed by atoms with Gasteiger partial charge in [0, 0.05) is 6.04 Å². The van der Waals surface area contributed by atoms with Crippen molar-refractivity contribution in [1.29, 1.82) is 0 Å². The Morgan fingerprint density at radius 2 is 1.75 bits per heavy atom. The molecule has 0 saturated carbocycles. The molecule has 0 saturated heterocycles. The van der Waals surface area contributed by atoms with Gasteiger partial charge in [-0.1, -0.05) is 20.8 Å². The Bertz CT molecular complexity index is 160. The minimum Gasteiger partial charge on any atom is -0.480 e. The second kappa shape index (κ2) is 3.90. The van der Waals surface area contributed by atoms with Gasteiger partial charge in [0.15, 0.2) is 0 Å². The van der Waals surface area contributed by atoms with Crippen molar-refractivity contribution in [2.45, 2.75) is 46.7 Å². The summed E-state index contributed by atoms with van der Waals surface area (Å²) in [5.41, 5.74) is 0.101. The Kier molecular flexibility index (Phi) is 3.71. The summed E-state index contributed by atoms with van der Waals surface area (Å²) in [4.78, 5) is 10.5. The lowest BCUT2D eigenvalue weighted by Crippen LogP contribution is -2.45. The van der Waals surface area contributed by atoms with Crippen LogP contribution in [0.25, 0.3) is 0 Å². The molecule has 0 aliphatic heterocycles. The lowest BCUT2D eigenvalue weighted by Gasteiger charge is -2.29. The first-order valence-corrected chi connectivity index (χ1v) is 4.24. The van der Waals surface area contributed by atoms with E-state index in [9.17, 15) is 4.79 Å². The molecular formula is C9H19NO2. The fourth-order valence-electron chi connectivity index (χ4n) is 0.696. The number of rotatable bonds is 3. The van der Waals surface area contributed by atoms with E-state index in [1.54, 1.807) is 6.92 Å². The molecule has 0 aromatic heterocycles. The first kappa shape index (κ1) is 11.4. The van der Waals surface area contributed by atoms with Gasteiger partial charge in [-0.05, 0) is 19.3 Å². The van der Waals surface area contributed by atoms with Gasteiger partial charge >= 0.3 is 5.97 Å². The van der Waals surface area contributed by atoms with E-state index in [1.165, 1.54) is 0 Å². The van der Waals surface area contributed by atoms with Crippen LogP contribution >= 0.6 is 0 Å². The number of carboxylic acid groups (broad SMARTS) is 1. The average Bonchev–Trinajstić information content (AvgIpc) is 1.85. The van der Waals surface area contributed by atoms with Crippen molar-refractivity contribution in [1.82, 2.24) is 5.32 Å². The van der Waals surface area contributed by atoms with Crippen LogP contribution in [0.15, 0.2) is 0 Å². The Labute approximate surface area is 74.2 Å². The van der Waals surface area contributed by atoms with E-state index in [0.29, 0.717) is 0 Å². The number of nitrogens with one attached hydrogen (secondary N) is 1. The first-order chi connectivity index (χ1) is 5.25. The molecule has 0 aromatic carbocycles. The molecule has 0 aliphatic carbocycles. The average molecular weight is 173 g/mol. The van der Waals surface area contributed by atoms with Crippen molar-refractivity contribution >= 4 is 5.97 Å². The summed E-state index contributed by atoms with van der Waals surface area (Å²) in [6.45, 7) is 9.90. The summed E-state index contributed by atoms with van der Waals surface area (Å²) in [5, 5.41) is 11.7. The van der Waals surface area contributed by atoms with Gasteiger partial charge in [-0.15, -0.1) is 0 Å². The number of aliphatic carboxylic acids is 1. The van der Waals surface area contributed by atoms with Gasteiger partial charge in [0.25, 0.3) is 0 Å². The Hall–Kier alpha value is -0.570. The third-order valence-electron chi connectivity index (χ3n) is 2.17. The first-order valence-electron chi connectivity index (χ1n) is 4.24. The molecule has 0 bridgehead atoms. The Morgan fingerprint density at radius 1 is 1.33 bits per heavy atom. The molecule has 0 radical (unpaired) electrons. The van der Waals surface area contributed by atoms with Crippen LogP contribution < -0.4 is 5.32 Å². The van der Waals surface area contributed by atoms with E-state index in [1.807, 2.05) is 6.92 Å². The van der Waals surface area contributed by atoms with Crippen LogP contribution in [0.4, 0.5) is 0 Å². The van der Waals surface area contributed by atoms with E-state index in [0.717, 1.165) is 0 Å². The second-order valence-corrected chi connectivity index (χ2v) is 4.31. The smallest absolute Gasteiger partial charge is 0.320 e. The van der Waals surface area contributed by atoms with Crippen LogP contribution in [0.3, 0.4) is 0 Å². The highest BCUT2D eigenvalue weighted by Crippen LogP contribution is 2.18. The zero-order valence-corrected chi connectivity index (χ0v) is 8.51. The number of hydrogen-bond donors (Lipinski definition) is 2. The molecule has 2 atom stereocenters. The Balaban J connectivity index is 4.01. The zero-order valence-electron chi connectivity index (χ0n) is 8.51. The van der Waals surface area contributed by atoms with Gasteiger partial charge in [-0.2, -0.15) is 0 Å². The molecule has 0 amide bonds. The molecule has 0 fully saturated rings. The van der Waals surface area contributed by atoms with Crippen molar-refractivity contribution < 1.29 is 9.90 Å². The maximum atomic E-state index is 10.5. The summed E-state index contributed by atoms with van der Waals surface area (Å²) in [7, 11) is 0. The van der Waals surface area contributed by atoms with Crippen molar-refractivity contribution in [3.8, 4) is 0 Å². The van der Waals surface area contributed by atoms with Crippen LogP contribution in [0, 0.1) is 5.41 Å². The highest BCUT2D eigenvalue weighted by atomic mass is 16.4. The van der Waals surface area contributed by atoms with Crippen LogP contribution in [0.1, 0.15) is 34.6 Å². The Morgan fingerprint density at radius 3 is 2.00 bits per heavy atom. The molecule has 0 rings (SSSR count). The molecule has 3 nitrogen and oxygen atoms in total. The van der Waals surface area contributed by atoms with Crippen LogP contribution in [0.5, 0.6) is 0 Å². The van der Waals surface area contributed by atoms with E-state index < -0.39 is 12.0 Å². The molecule has 12 heavy (non-hydrogen) atoms. The quantitative estimate of drug-likeness (QED) is 0.679. The maximum Gasteiger partial charge on any atom is 0.320 e. The molecule has 3 heteroatoms. The molecule has 0 unspecified atom stereocenters. The third kappa shape index (κ3) is 3.72. The fourth-order valence-corrected chi connectivity index (χ4v) is 0.696. The zero-order chi connectivity index (χ0) is 9.94. The number of hydrogen-bond acceptors (Lipinski definition) is 2. The SMILES string of the molecule is C[C@H](N[C@H](C)C(=O)O)C(C)(C)C. The summed E-state index contributed by atoms with van der Waals surface area (Å²) in [6.07, 6.45) is 0. The van der Waals surface area contributed by atoms with E-state index >= 15 is 0 Å². The van der Waals surface area contributed by atoms with Crippen molar-refractivity contribution in [2.24, 2.45) is 5.41 Å². The number of carbonyl (C=O) groups is 1. The largest absolute Gasteiger partial charge is 0.480 e. The minimum atomic E-state index is -0.800. The van der Waals surface area contributed by atoms with E-state index in [-0.39, 0.29) is 11.5 Å². The molecular weight excluding hydrogens is 154 g/mol. The second-order valence-electron chi connectivity index (χ2n) is 4.31. The van der Waals surface area contributed by atoms with Crippen LogP contribution in [0.2, 0.25) is 0 Å².